The second-order valence-corrected chi connectivity index (χ2v) is 8.03. The van der Waals surface area contributed by atoms with E-state index in [9.17, 15) is 4.79 Å². The molecule has 1 aromatic heterocycles. The summed E-state index contributed by atoms with van der Waals surface area (Å²) in [6.07, 6.45) is 1.18. The summed E-state index contributed by atoms with van der Waals surface area (Å²) in [5.74, 6) is 1.47. The van der Waals surface area contributed by atoms with E-state index in [1.807, 2.05) is 43.3 Å². The van der Waals surface area contributed by atoms with Gasteiger partial charge in [-0.3, -0.25) is 4.79 Å². The fourth-order valence-corrected chi connectivity index (χ4v) is 3.66. The van der Waals surface area contributed by atoms with Crippen LogP contribution in [0.4, 0.5) is 23.1 Å². The second kappa shape index (κ2) is 10.2. The van der Waals surface area contributed by atoms with Crippen LogP contribution in [0.15, 0.2) is 54.6 Å². The third-order valence-electron chi connectivity index (χ3n) is 5.30. The van der Waals surface area contributed by atoms with E-state index in [0.29, 0.717) is 25.6 Å². The fraction of sp³-hybridized carbons (Fsp3) is 0.320. The molecule has 0 saturated carbocycles. The van der Waals surface area contributed by atoms with Gasteiger partial charge in [-0.2, -0.15) is 4.98 Å². The lowest BCUT2D eigenvalue weighted by atomic mass is 10.1. The van der Waals surface area contributed by atoms with Gasteiger partial charge in [-0.25, -0.2) is 4.98 Å². The number of morpholine rings is 1. The van der Waals surface area contributed by atoms with E-state index in [-0.39, 0.29) is 5.91 Å². The van der Waals surface area contributed by atoms with Crippen LogP contribution in [0.2, 0.25) is 0 Å². The van der Waals surface area contributed by atoms with Crippen LogP contribution in [-0.2, 0) is 16.0 Å². The number of carbonyl (C=O) groups excluding carboxylic acids is 1. The molecule has 0 unspecified atom stereocenters. The van der Waals surface area contributed by atoms with E-state index in [2.05, 4.69) is 50.6 Å². The maximum atomic E-state index is 12.3. The number of hydrogen-bond acceptors (Lipinski definition) is 6. The van der Waals surface area contributed by atoms with E-state index < -0.39 is 0 Å². The number of ether oxygens (including phenoxy) is 1. The zero-order valence-electron chi connectivity index (χ0n) is 18.6. The average Bonchev–Trinajstić information content (AvgIpc) is 2.79. The van der Waals surface area contributed by atoms with Crippen LogP contribution in [0.5, 0.6) is 0 Å². The Kier molecular flexibility index (Phi) is 6.97. The summed E-state index contributed by atoms with van der Waals surface area (Å²) in [5, 5.41) is 6.30. The van der Waals surface area contributed by atoms with Crippen LogP contribution >= 0.6 is 0 Å². The number of aromatic nitrogens is 2. The van der Waals surface area contributed by atoms with Gasteiger partial charge in [0.25, 0.3) is 0 Å². The fourth-order valence-electron chi connectivity index (χ4n) is 3.66. The molecule has 0 spiro atoms. The molecule has 2 N–H and O–H groups in total. The molecule has 166 valence electrons. The molecule has 3 aromatic rings. The van der Waals surface area contributed by atoms with Gasteiger partial charge >= 0.3 is 0 Å². The van der Waals surface area contributed by atoms with E-state index in [1.54, 1.807) is 0 Å². The lowest BCUT2D eigenvalue weighted by Crippen LogP contribution is -2.37. The van der Waals surface area contributed by atoms with Crippen LogP contribution in [0.1, 0.15) is 23.2 Å². The molecular formula is C25H29N5O2. The molecule has 0 bridgehead atoms. The molecular weight excluding hydrogens is 402 g/mol. The predicted octanol–water partition coefficient (Wildman–Crippen LogP) is 4.24. The summed E-state index contributed by atoms with van der Waals surface area (Å²) in [7, 11) is 0. The van der Waals surface area contributed by atoms with Gasteiger partial charge in [-0.15, -0.1) is 0 Å². The predicted molar refractivity (Wildman–Crippen MR) is 128 cm³/mol. The molecule has 0 aliphatic carbocycles. The third kappa shape index (κ3) is 6.04. The molecule has 1 fully saturated rings. The van der Waals surface area contributed by atoms with Gasteiger partial charge in [0.05, 0.1) is 13.2 Å². The van der Waals surface area contributed by atoms with E-state index in [0.717, 1.165) is 42.4 Å². The Labute approximate surface area is 188 Å². The van der Waals surface area contributed by atoms with Crippen molar-refractivity contribution in [2.24, 2.45) is 0 Å². The van der Waals surface area contributed by atoms with Crippen molar-refractivity contribution < 1.29 is 9.53 Å². The first kappa shape index (κ1) is 21.8. The molecule has 2 heterocycles. The highest BCUT2D eigenvalue weighted by Gasteiger charge is 2.15. The maximum Gasteiger partial charge on any atom is 0.227 e. The van der Waals surface area contributed by atoms with Crippen LogP contribution in [0.25, 0.3) is 0 Å². The van der Waals surface area contributed by atoms with Gasteiger partial charge in [-0.05, 0) is 50.1 Å². The van der Waals surface area contributed by atoms with Crippen molar-refractivity contribution in [2.45, 2.75) is 26.7 Å². The highest BCUT2D eigenvalue weighted by Crippen LogP contribution is 2.21. The molecule has 1 amide bonds. The Hall–Kier alpha value is -3.45. The summed E-state index contributed by atoms with van der Waals surface area (Å²) < 4.78 is 5.42. The minimum absolute atomic E-state index is 0.00814. The molecule has 4 rings (SSSR count). The van der Waals surface area contributed by atoms with Crippen molar-refractivity contribution in [3.05, 3.63) is 71.4 Å². The van der Waals surface area contributed by atoms with Gasteiger partial charge in [0.1, 0.15) is 5.82 Å². The van der Waals surface area contributed by atoms with Gasteiger partial charge in [0, 0.05) is 42.6 Å². The second-order valence-electron chi connectivity index (χ2n) is 8.03. The molecule has 7 nitrogen and oxygen atoms in total. The first-order chi connectivity index (χ1) is 15.5. The van der Waals surface area contributed by atoms with Crippen LogP contribution in [0.3, 0.4) is 0 Å². The largest absolute Gasteiger partial charge is 0.378 e. The van der Waals surface area contributed by atoms with Crippen LogP contribution in [-0.4, -0.2) is 42.2 Å². The number of benzene rings is 2. The Morgan fingerprint density at radius 2 is 1.75 bits per heavy atom. The van der Waals surface area contributed by atoms with Crippen molar-refractivity contribution in [1.29, 1.82) is 0 Å². The lowest BCUT2D eigenvalue weighted by molar-refractivity contribution is -0.116. The first-order valence-corrected chi connectivity index (χ1v) is 11.0. The Bertz CT molecular complexity index is 1060. The minimum atomic E-state index is 0.00814. The standard InChI is InChI=1S/C25H29N5O2/c1-18-4-3-5-20(16-18)6-11-24(31)28-22-9-7-21(8-10-22)27-23-17-19(2)26-25(29-23)30-12-14-32-15-13-30/h3-5,7-10,16-17H,6,11-15H2,1-2H3,(H,28,31)(H,26,27,29). The van der Waals surface area contributed by atoms with Crippen LogP contribution in [0, 0.1) is 13.8 Å². The Balaban J connectivity index is 1.33. The van der Waals surface area contributed by atoms with Crippen molar-refractivity contribution in [3.8, 4) is 0 Å². The van der Waals surface area contributed by atoms with E-state index >= 15 is 0 Å². The molecule has 0 atom stereocenters. The zero-order valence-corrected chi connectivity index (χ0v) is 18.6. The minimum Gasteiger partial charge on any atom is -0.378 e. The highest BCUT2D eigenvalue weighted by molar-refractivity contribution is 5.91. The molecule has 7 heteroatoms. The number of carbonyl (C=O) groups is 1. The molecule has 2 aromatic carbocycles. The zero-order chi connectivity index (χ0) is 22.3. The topological polar surface area (TPSA) is 79.4 Å². The third-order valence-corrected chi connectivity index (χ3v) is 5.30. The van der Waals surface area contributed by atoms with Crippen LogP contribution < -0.4 is 15.5 Å². The van der Waals surface area contributed by atoms with Gasteiger partial charge in [0.2, 0.25) is 11.9 Å². The summed E-state index contributed by atoms with van der Waals surface area (Å²) in [4.78, 5) is 23.7. The number of rotatable bonds is 7. The normalized spacial score (nSPS) is 13.6. The number of nitrogens with zero attached hydrogens (tertiary/aromatic N) is 3. The Morgan fingerprint density at radius 1 is 1.00 bits per heavy atom. The Morgan fingerprint density at radius 3 is 2.50 bits per heavy atom. The van der Waals surface area contributed by atoms with Crippen molar-refractivity contribution in [2.75, 3.05) is 41.8 Å². The quantitative estimate of drug-likeness (QED) is 0.582. The van der Waals surface area contributed by atoms with Crippen molar-refractivity contribution in [1.82, 2.24) is 9.97 Å². The molecule has 1 aliphatic rings. The molecule has 1 saturated heterocycles. The smallest absolute Gasteiger partial charge is 0.227 e. The lowest BCUT2D eigenvalue weighted by Gasteiger charge is -2.27. The van der Waals surface area contributed by atoms with E-state index in [1.165, 1.54) is 11.1 Å². The number of nitrogens with one attached hydrogen (secondary N) is 2. The molecule has 1 aliphatic heterocycles. The van der Waals surface area contributed by atoms with Crippen molar-refractivity contribution >= 4 is 29.0 Å². The summed E-state index contributed by atoms with van der Waals surface area (Å²) in [6, 6.07) is 17.8. The van der Waals surface area contributed by atoms with Crippen molar-refractivity contribution in [3.63, 3.8) is 0 Å². The summed E-state index contributed by atoms with van der Waals surface area (Å²) in [5.41, 5.74) is 4.96. The number of amides is 1. The maximum absolute atomic E-state index is 12.3. The van der Waals surface area contributed by atoms with Gasteiger partial charge < -0.3 is 20.3 Å². The summed E-state index contributed by atoms with van der Waals surface area (Å²) >= 11 is 0. The highest BCUT2D eigenvalue weighted by atomic mass is 16.5. The monoisotopic (exact) mass is 431 g/mol. The SMILES string of the molecule is Cc1cccc(CCC(=O)Nc2ccc(Nc3cc(C)nc(N4CCOCC4)n3)cc2)c1. The molecule has 32 heavy (non-hydrogen) atoms. The number of hydrogen-bond donors (Lipinski definition) is 2. The number of anilines is 4. The summed E-state index contributed by atoms with van der Waals surface area (Å²) in [6.45, 7) is 7.00. The molecule has 0 radical (unpaired) electrons. The first-order valence-electron chi connectivity index (χ1n) is 11.0. The number of aryl methyl sites for hydroxylation is 3. The van der Waals surface area contributed by atoms with Gasteiger partial charge in [0.15, 0.2) is 0 Å². The average molecular weight is 432 g/mol. The van der Waals surface area contributed by atoms with Gasteiger partial charge in [-0.1, -0.05) is 29.8 Å². The van der Waals surface area contributed by atoms with E-state index in [4.69, 9.17) is 4.74 Å².